The summed E-state index contributed by atoms with van der Waals surface area (Å²) in [5.74, 6) is 0. The van der Waals surface area contributed by atoms with E-state index in [1.165, 1.54) is 0 Å². The highest BCUT2D eigenvalue weighted by atomic mass is 32.2. The first-order valence-electron chi connectivity index (χ1n) is 10.3. The van der Waals surface area contributed by atoms with Crippen molar-refractivity contribution in [3.05, 3.63) is 76.5 Å². The molecule has 2 aromatic carbocycles. The lowest BCUT2D eigenvalue weighted by atomic mass is 9.96. The van der Waals surface area contributed by atoms with Crippen LogP contribution in [0.15, 0.2) is 64.8 Å². The van der Waals surface area contributed by atoms with Crippen LogP contribution in [0.4, 0.5) is 0 Å². The summed E-state index contributed by atoms with van der Waals surface area (Å²) in [6.07, 6.45) is 6.01. The van der Waals surface area contributed by atoms with Gasteiger partial charge in [-0.2, -0.15) is 0 Å². The van der Waals surface area contributed by atoms with E-state index in [0.717, 1.165) is 26.9 Å². The molecule has 31 heavy (non-hydrogen) atoms. The van der Waals surface area contributed by atoms with Crippen LogP contribution < -0.4 is 5.56 Å². The van der Waals surface area contributed by atoms with Crippen molar-refractivity contribution in [3.8, 4) is 0 Å². The van der Waals surface area contributed by atoms with Gasteiger partial charge in [0.15, 0.2) is 0 Å². The Balaban J connectivity index is 1.67. The summed E-state index contributed by atoms with van der Waals surface area (Å²) in [6, 6.07) is 13.8. The van der Waals surface area contributed by atoms with E-state index in [4.69, 9.17) is 4.74 Å². The number of hydrogen-bond acceptors (Lipinski definition) is 6. The Labute approximate surface area is 183 Å². The fraction of sp³-hybridized carbons (Fsp3) is 0.292. The van der Waals surface area contributed by atoms with Crippen molar-refractivity contribution in [3.63, 3.8) is 0 Å². The van der Waals surface area contributed by atoms with Gasteiger partial charge in [-0.3, -0.25) is 9.36 Å². The zero-order valence-electron chi connectivity index (χ0n) is 17.2. The molecule has 1 N–H and O–H groups in total. The lowest BCUT2D eigenvalue weighted by Crippen LogP contribution is -2.39. The van der Waals surface area contributed by atoms with Crippen molar-refractivity contribution in [1.29, 1.82) is 0 Å². The van der Waals surface area contributed by atoms with E-state index >= 15 is 0 Å². The maximum Gasteiger partial charge on any atom is 0.261 e. The maximum absolute atomic E-state index is 13.5. The summed E-state index contributed by atoms with van der Waals surface area (Å²) >= 11 is 1.61. The van der Waals surface area contributed by atoms with Gasteiger partial charge in [0.25, 0.3) is 5.56 Å². The molecule has 0 amide bonds. The van der Waals surface area contributed by atoms with Gasteiger partial charge >= 0.3 is 0 Å². The minimum Gasteiger partial charge on any atom is -0.389 e. The number of ether oxygens (including phenoxy) is 1. The summed E-state index contributed by atoms with van der Waals surface area (Å²) in [7, 11) is 0. The van der Waals surface area contributed by atoms with E-state index in [9.17, 15) is 9.90 Å². The standard InChI is InChI=1S/C24H23N3O3S/c1-31-22-7-6-15(12-25-22)10-16-11-19-23(18-5-3-2-4-17(16)18)26-14-27(24(19)29)20-8-9-30-13-21(20)28/h2-7,11-12,14,20-21,28H,8-10,13H2,1H3/t20-,21-/m0/s1. The molecule has 0 spiro atoms. The summed E-state index contributed by atoms with van der Waals surface area (Å²) in [5, 5.41) is 14.0. The molecule has 1 saturated heterocycles. The molecule has 2 atom stereocenters. The normalized spacial score (nSPS) is 19.2. The fourth-order valence-electron chi connectivity index (χ4n) is 4.32. The molecule has 4 aromatic rings. The minimum absolute atomic E-state index is 0.126. The van der Waals surface area contributed by atoms with E-state index in [1.54, 1.807) is 22.7 Å². The lowest BCUT2D eigenvalue weighted by molar-refractivity contribution is -0.0395. The second kappa shape index (κ2) is 8.42. The van der Waals surface area contributed by atoms with Gasteiger partial charge in [0.2, 0.25) is 0 Å². The van der Waals surface area contributed by atoms with Crippen molar-refractivity contribution in [2.45, 2.75) is 30.0 Å². The topological polar surface area (TPSA) is 77.2 Å². The molecule has 5 rings (SSSR count). The summed E-state index contributed by atoms with van der Waals surface area (Å²) in [4.78, 5) is 22.6. The highest BCUT2D eigenvalue weighted by Gasteiger charge is 2.27. The Bertz CT molecular complexity index is 1300. The molecular weight excluding hydrogens is 410 g/mol. The number of aliphatic hydroxyl groups is 1. The first-order valence-corrected chi connectivity index (χ1v) is 11.5. The van der Waals surface area contributed by atoms with Gasteiger partial charge in [0.05, 0.1) is 41.0 Å². The number of pyridine rings is 1. The highest BCUT2D eigenvalue weighted by molar-refractivity contribution is 7.98. The lowest BCUT2D eigenvalue weighted by Gasteiger charge is -2.29. The van der Waals surface area contributed by atoms with Crippen LogP contribution >= 0.6 is 11.8 Å². The molecule has 7 heteroatoms. The van der Waals surface area contributed by atoms with Gasteiger partial charge < -0.3 is 9.84 Å². The second-order valence-corrected chi connectivity index (χ2v) is 8.64. The van der Waals surface area contributed by atoms with Gasteiger partial charge in [0.1, 0.15) is 0 Å². The average molecular weight is 434 g/mol. The van der Waals surface area contributed by atoms with Crippen LogP contribution in [0.2, 0.25) is 0 Å². The minimum atomic E-state index is -0.716. The van der Waals surface area contributed by atoms with E-state index in [-0.39, 0.29) is 18.2 Å². The van der Waals surface area contributed by atoms with Gasteiger partial charge in [-0.25, -0.2) is 9.97 Å². The third kappa shape index (κ3) is 3.73. The number of benzene rings is 2. The molecule has 0 aliphatic carbocycles. The summed E-state index contributed by atoms with van der Waals surface area (Å²) in [6.45, 7) is 0.755. The van der Waals surface area contributed by atoms with Crippen molar-refractivity contribution in [1.82, 2.24) is 14.5 Å². The van der Waals surface area contributed by atoms with Crippen LogP contribution in [0.1, 0.15) is 23.6 Å². The van der Waals surface area contributed by atoms with Crippen LogP contribution in [0, 0.1) is 0 Å². The summed E-state index contributed by atoms with van der Waals surface area (Å²) in [5.41, 5.74) is 2.72. The van der Waals surface area contributed by atoms with Crippen molar-refractivity contribution >= 4 is 33.4 Å². The van der Waals surface area contributed by atoms with E-state index < -0.39 is 6.10 Å². The van der Waals surface area contributed by atoms with Crippen molar-refractivity contribution < 1.29 is 9.84 Å². The van der Waals surface area contributed by atoms with Crippen molar-refractivity contribution in [2.24, 2.45) is 0 Å². The summed E-state index contributed by atoms with van der Waals surface area (Å²) < 4.78 is 6.90. The molecule has 0 radical (unpaired) electrons. The van der Waals surface area contributed by atoms with Crippen LogP contribution in [0.5, 0.6) is 0 Å². The predicted octanol–water partition coefficient (Wildman–Crippen LogP) is 3.58. The Morgan fingerprint density at radius 2 is 2.00 bits per heavy atom. The fourth-order valence-corrected chi connectivity index (χ4v) is 4.69. The Morgan fingerprint density at radius 3 is 2.74 bits per heavy atom. The Kier molecular flexibility index (Phi) is 5.48. The van der Waals surface area contributed by atoms with Crippen LogP contribution in [-0.2, 0) is 11.2 Å². The molecule has 158 valence electrons. The smallest absolute Gasteiger partial charge is 0.261 e. The van der Waals surface area contributed by atoms with Crippen LogP contribution in [-0.4, -0.2) is 45.2 Å². The Morgan fingerprint density at radius 1 is 1.16 bits per heavy atom. The first kappa shape index (κ1) is 20.2. The first-order chi connectivity index (χ1) is 15.2. The zero-order valence-corrected chi connectivity index (χ0v) is 18.0. The molecule has 0 saturated carbocycles. The molecule has 0 unspecified atom stereocenters. The number of hydrogen-bond donors (Lipinski definition) is 1. The number of thioether (sulfide) groups is 1. The van der Waals surface area contributed by atoms with Gasteiger partial charge in [-0.15, -0.1) is 11.8 Å². The van der Waals surface area contributed by atoms with Gasteiger partial charge in [-0.05, 0) is 47.7 Å². The molecule has 6 nitrogen and oxygen atoms in total. The molecule has 2 aromatic heterocycles. The van der Waals surface area contributed by atoms with Gasteiger partial charge in [-0.1, -0.05) is 30.3 Å². The largest absolute Gasteiger partial charge is 0.389 e. The molecule has 1 aliphatic rings. The maximum atomic E-state index is 13.5. The zero-order chi connectivity index (χ0) is 21.4. The quantitative estimate of drug-likeness (QED) is 0.392. The average Bonchev–Trinajstić information content (AvgIpc) is 2.81. The van der Waals surface area contributed by atoms with Crippen molar-refractivity contribution in [2.75, 3.05) is 19.5 Å². The number of fused-ring (bicyclic) bond motifs is 3. The van der Waals surface area contributed by atoms with Crippen LogP contribution in [0.3, 0.4) is 0 Å². The van der Waals surface area contributed by atoms with E-state index in [2.05, 4.69) is 22.1 Å². The molecule has 0 bridgehead atoms. The predicted molar refractivity (Wildman–Crippen MR) is 123 cm³/mol. The number of aromatic nitrogens is 3. The second-order valence-electron chi connectivity index (χ2n) is 7.82. The molecule has 1 fully saturated rings. The third-order valence-corrected chi connectivity index (χ3v) is 6.59. The van der Waals surface area contributed by atoms with Crippen LogP contribution in [0.25, 0.3) is 21.7 Å². The van der Waals surface area contributed by atoms with Gasteiger partial charge in [0, 0.05) is 18.2 Å². The SMILES string of the molecule is CSc1ccc(Cc2cc3c(=O)n([C@H]4CCOC[C@@H]4O)cnc3c3ccccc23)cn1. The molecular formula is C24H23N3O3S. The number of aliphatic hydroxyl groups excluding tert-OH is 1. The Hall–Kier alpha value is -2.74. The number of nitrogens with zero attached hydrogens (tertiary/aromatic N) is 3. The van der Waals surface area contributed by atoms with E-state index in [0.29, 0.717) is 30.4 Å². The monoisotopic (exact) mass is 433 g/mol. The highest BCUT2D eigenvalue weighted by Crippen LogP contribution is 2.29. The number of rotatable bonds is 4. The molecule has 3 heterocycles. The third-order valence-electron chi connectivity index (χ3n) is 5.93. The molecule has 1 aliphatic heterocycles. The van der Waals surface area contributed by atoms with E-state index in [1.807, 2.05) is 42.8 Å².